The van der Waals surface area contributed by atoms with Gasteiger partial charge >= 0.3 is 0 Å². The topological polar surface area (TPSA) is 40.5 Å². The summed E-state index contributed by atoms with van der Waals surface area (Å²) in [5.41, 5.74) is 3.00. The molecule has 1 fully saturated rings. The molecular formula is C16H23NO2. The van der Waals surface area contributed by atoms with Gasteiger partial charge in [-0.25, -0.2) is 0 Å². The zero-order valence-corrected chi connectivity index (χ0v) is 12.0. The van der Waals surface area contributed by atoms with Crippen LogP contribution < -0.4 is 0 Å². The van der Waals surface area contributed by atoms with Crippen LogP contribution in [0.25, 0.3) is 0 Å². The first-order valence-electron chi connectivity index (χ1n) is 6.98. The van der Waals surface area contributed by atoms with E-state index in [1.165, 1.54) is 0 Å². The number of likely N-dealkylation sites (tertiary alicyclic amines) is 1. The van der Waals surface area contributed by atoms with Gasteiger partial charge in [0.15, 0.2) is 5.78 Å². The molecule has 3 heteroatoms. The lowest BCUT2D eigenvalue weighted by molar-refractivity contribution is 0.0344. The first kappa shape index (κ1) is 14.2. The van der Waals surface area contributed by atoms with Gasteiger partial charge < -0.3 is 5.11 Å². The summed E-state index contributed by atoms with van der Waals surface area (Å²) in [5.74, 6) is 0.435. The summed E-state index contributed by atoms with van der Waals surface area (Å²) in [6, 6.07) is 6.01. The smallest absolute Gasteiger partial charge is 0.177 e. The Morgan fingerprint density at radius 1 is 1.42 bits per heavy atom. The summed E-state index contributed by atoms with van der Waals surface area (Å²) in [6.07, 6.45) is 0.549. The van der Waals surface area contributed by atoms with E-state index >= 15 is 0 Å². The van der Waals surface area contributed by atoms with Crippen molar-refractivity contribution in [2.24, 2.45) is 5.92 Å². The normalized spacial score (nSPS) is 24.4. The van der Waals surface area contributed by atoms with Crippen LogP contribution >= 0.6 is 0 Å². The summed E-state index contributed by atoms with van der Waals surface area (Å²) in [6.45, 7) is 8.10. The highest BCUT2D eigenvalue weighted by Crippen LogP contribution is 2.18. The number of carbonyl (C=O) groups is 1. The molecule has 1 heterocycles. The van der Waals surface area contributed by atoms with Gasteiger partial charge in [-0.1, -0.05) is 24.6 Å². The highest BCUT2D eigenvalue weighted by molar-refractivity contribution is 5.99. The van der Waals surface area contributed by atoms with E-state index in [1.807, 2.05) is 39.0 Å². The fourth-order valence-electron chi connectivity index (χ4n) is 2.69. The molecule has 0 aromatic heterocycles. The standard InChI is InChI=1S/C16H23NO2/c1-11-4-5-12(2)14(8-11)16(19)10-17-7-6-15(18)13(3)9-17/h4-5,8,13,15,18H,6-7,9-10H2,1-3H3. The van der Waals surface area contributed by atoms with Crippen molar-refractivity contribution in [3.05, 3.63) is 34.9 Å². The molecule has 104 valence electrons. The maximum Gasteiger partial charge on any atom is 0.177 e. The number of aryl methyl sites for hydroxylation is 2. The third-order valence-corrected chi connectivity index (χ3v) is 4.00. The van der Waals surface area contributed by atoms with Crippen LogP contribution in [0.4, 0.5) is 0 Å². The second kappa shape index (κ2) is 5.85. The van der Waals surface area contributed by atoms with Crippen LogP contribution in [0, 0.1) is 19.8 Å². The molecule has 1 aromatic carbocycles. The summed E-state index contributed by atoms with van der Waals surface area (Å²) < 4.78 is 0. The predicted molar refractivity (Wildman–Crippen MR) is 76.5 cm³/mol. The number of benzene rings is 1. The quantitative estimate of drug-likeness (QED) is 0.848. The molecule has 1 aliphatic heterocycles. The molecule has 1 N–H and O–H groups in total. The van der Waals surface area contributed by atoms with E-state index in [0.717, 1.165) is 36.2 Å². The Balaban J connectivity index is 2.03. The minimum absolute atomic E-state index is 0.185. The summed E-state index contributed by atoms with van der Waals surface area (Å²) >= 11 is 0. The van der Waals surface area contributed by atoms with Crippen LogP contribution in [0.1, 0.15) is 34.8 Å². The molecule has 3 nitrogen and oxygen atoms in total. The van der Waals surface area contributed by atoms with Crippen molar-refractivity contribution in [3.63, 3.8) is 0 Å². The maximum absolute atomic E-state index is 12.4. The number of piperidine rings is 1. The van der Waals surface area contributed by atoms with Gasteiger partial charge in [0.1, 0.15) is 0 Å². The number of rotatable bonds is 3. The van der Waals surface area contributed by atoms with E-state index in [-0.39, 0.29) is 17.8 Å². The van der Waals surface area contributed by atoms with E-state index in [9.17, 15) is 9.90 Å². The van der Waals surface area contributed by atoms with Crippen molar-refractivity contribution in [1.82, 2.24) is 4.90 Å². The Morgan fingerprint density at radius 3 is 2.84 bits per heavy atom. The Hall–Kier alpha value is -1.19. The molecular weight excluding hydrogens is 238 g/mol. The van der Waals surface area contributed by atoms with Crippen molar-refractivity contribution in [2.75, 3.05) is 19.6 Å². The van der Waals surface area contributed by atoms with Crippen molar-refractivity contribution in [3.8, 4) is 0 Å². The molecule has 0 amide bonds. The van der Waals surface area contributed by atoms with Crippen LogP contribution in [-0.2, 0) is 0 Å². The second-order valence-electron chi connectivity index (χ2n) is 5.81. The van der Waals surface area contributed by atoms with Crippen molar-refractivity contribution in [1.29, 1.82) is 0 Å². The Labute approximate surface area is 115 Å². The van der Waals surface area contributed by atoms with Crippen molar-refractivity contribution in [2.45, 2.75) is 33.3 Å². The molecule has 2 rings (SSSR count). The van der Waals surface area contributed by atoms with Crippen molar-refractivity contribution >= 4 is 5.78 Å². The highest BCUT2D eigenvalue weighted by Gasteiger charge is 2.25. The fraction of sp³-hybridized carbons (Fsp3) is 0.562. The number of ketones is 1. The average Bonchev–Trinajstić information content (AvgIpc) is 2.36. The van der Waals surface area contributed by atoms with Gasteiger partial charge in [-0.2, -0.15) is 0 Å². The molecule has 0 aliphatic carbocycles. The van der Waals surface area contributed by atoms with E-state index < -0.39 is 0 Å². The first-order chi connectivity index (χ1) is 8.97. The Kier molecular flexibility index (Phi) is 4.38. The van der Waals surface area contributed by atoms with Gasteiger partial charge in [-0.15, -0.1) is 0 Å². The third-order valence-electron chi connectivity index (χ3n) is 4.00. The van der Waals surface area contributed by atoms with Gasteiger partial charge in [0, 0.05) is 18.7 Å². The molecule has 2 atom stereocenters. The minimum Gasteiger partial charge on any atom is -0.393 e. The summed E-state index contributed by atoms with van der Waals surface area (Å²) in [7, 11) is 0. The summed E-state index contributed by atoms with van der Waals surface area (Å²) in [5, 5.41) is 9.72. The molecule has 1 aliphatic rings. The number of Topliss-reactive ketones (excluding diaryl/α,β-unsaturated/α-hetero) is 1. The number of carbonyl (C=O) groups excluding carboxylic acids is 1. The monoisotopic (exact) mass is 261 g/mol. The lowest BCUT2D eigenvalue weighted by Crippen LogP contribution is -2.44. The molecule has 1 aromatic rings. The van der Waals surface area contributed by atoms with Crippen LogP contribution in [0.5, 0.6) is 0 Å². The Morgan fingerprint density at radius 2 is 2.16 bits per heavy atom. The van der Waals surface area contributed by atoms with E-state index in [0.29, 0.717) is 6.54 Å². The maximum atomic E-state index is 12.4. The Bertz CT molecular complexity index is 470. The number of hydrogen-bond donors (Lipinski definition) is 1. The SMILES string of the molecule is Cc1ccc(C)c(C(=O)CN2CCC(O)C(C)C2)c1. The zero-order valence-electron chi connectivity index (χ0n) is 12.0. The predicted octanol–water partition coefficient (Wildman–Crippen LogP) is 2.19. The highest BCUT2D eigenvalue weighted by atomic mass is 16.3. The number of aliphatic hydroxyl groups is 1. The molecule has 0 spiro atoms. The van der Waals surface area contributed by atoms with Gasteiger partial charge in [0.2, 0.25) is 0 Å². The molecule has 0 saturated carbocycles. The molecule has 1 saturated heterocycles. The number of aliphatic hydroxyl groups excluding tert-OH is 1. The third kappa shape index (κ3) is 3.43. The zero-order chi connectivity index (χ0) is 14.0. The molecule has 19 heavy (non-hydrogen) atoms. The lowest BCUT2D eigenvalue weighted by atomic mass is 9.95. The van der Waals surface area contributed by atoms with E-state index in [2.05, 4.69) is 4.90 Å². The van der Waals surface area contributed by atoms with Gasteiger partial charge in [-0.05, 0) is 37.8 Å². The largest absolute Gasteiger partial charge is 0.393 e. The van der Waals surface area contributed by atoms with Gasteiger partial charge in [-0.3, -0.25) is 9.69 Å². The minimum atomic E-state index is -0.216. The fourth-order valence-corrected chi connectivity index (χ4v) is 2.69. The molecule has 0 radical (unpaired) electrons. The summed E-state index contributed by atoms with van der Waals surface area (Å²) in [4.78, 5) is 14.5. The van der Waals surface area contributed by atoms with Gasteiger partial charge in [0.25, 0.3) is 0 Å². The first-order valence-corrected chi connectivity index (χ1v) is 6.98. The van der Waals surface area contributed by atoms with Gasteiger partial charge in [0.05, 0.1) is 12.6 Å². The van der Waals surface area contributed by atoms with Crippen molar-refractivity contribution < 1.29 is 9.90 Å². The average molecular weight is 261 g/mol. The molecule has 0 bridgehead atoms. The second-order valence-corrected chi connectivity index (χ2v) is 5.81. The lowest BCUT2D eigenvalue weighted by Gasteiger charge is -2.33. The van der Waals surface area contributed by atoms with E-state index in [4.69, 9.17) is 0 Å². The number of nitrogens with zero attached hydrogens (tertiary/aromatic N) is 1. The van der Waals surface area contributed by atoms with E-state index in [1.54, 1.807) is 0 Å². The van der Waals surface area contributed by atoms with Crippen LogP contribution in [0.15, 0.2) is 18.2 Å². The van der Waals surface area contributed by atoms with Crippen LogP contribution in [0.3, 0.4) is 0 Å². The van der Waals surface area contributed by atoms with Crippen LogP contribution in [0.2, 0.25) is 0 Å². The number of hydrogen-bond acceptors (Lipinski definition) is 3. The van der Waals surface area contributed by atoms with Crippen LogP contribution in [-0.4, -0.2) is 41.5 Å². The molecule has 2 unspecified atom stereocenters.